The number of hydrogen-bond acceptors (Lipinski definition) is 6. The van der Waals surface area contributed by atoms with Crippen LogP contribution in [0, 0.1) is 0 Å². The molecule has 0 aromatic heterocycles. The van der Waals surface area contributed by atoms with E-state index in [1.54, 1.807) is 24.3 Å². The summed E-state index contributed by atoms with van der Waals surface area (Å²) in [6.07, 6.45) is 3.63. The second-order valence-corrected chi connectivity index (χ2v) is 6.59. The number of nitrogens with zero attached hydrogens (tertiary/aromatic N) is 1. The highest BCUT2D eigenvalue weighted by Gasteiger charge is 2.33. The van der Waals surface area contributed by atoms with Crippen molar-refractivity contribution in [3.63, 3.8) is 0 Å². The van der Waals surface area contributed by atoms with Crippen molar-refractivity contribution >= 4 is 35.2 Å². The van der Waals surface area contributed by atoms with E-state index in [4.69, 9.17) is 32.2 Å². The van der Waals surface area contributed by atoms with Gasteiger partial charge in [0.1, 0.15) is 5.70 Å². The molecule has 3 rings (SSSR count). The minimum Gasteiger partial charge on any atom is -0.493 e. The van der Waals surface area contributed by atoms with Crippen molar-refractivity contribution in [1.82, 2.24) is 10.2 Å². The lowest BCUT2D eigenvalue weighted by Crippen LogP contribution is -2.37. The van der Waals surface area contributed by atoms with Gasteiger partial charge < -0.3 is 25.3 Å². The molecular formula is C18H21N3O5S. The topological polar surface area (TPSA) is 103 Å². The SMILES string of the molecule is COc1cc(/C=C2/NC(=S)N(CC3CCCO3)C2=O)ccc1OCC(N)=O. The van der Waals surface area contributed by atoms with Gasteiger partial charge in [0.2, 0.25) is 0 Å². The van der Waals surface area contributed by atoms with E-state index in [1.165, 1.54) is 12.0 Å². The Morgan fingerprint density at radius 1 is 1.48 bits per heavy atom. The quantitative estimate of drug-likeness (QED) is 0.523. The first kappa shape index (κ1) is 19.1. The standard InChI is InChI=1S/C18H21N3O5S/c1-24-15-8-11(4-5-14(15)26-10-16(19)22)7-13-17(23)21(18(27)20-13)9-12-3-2-6-25-12/h4-5,7-8,12H,2-3,6,9-10H2,1H3,(H2,19,22)(H,20,27)/b13-7+. The van der Waals surface area contributed by atoms with Crippen LogP contribution in [-0.2, 0) is 14.3 Å². The number of nitrogens with two attached hydrogens (primary N) is 1. The molecule has 2 aliphatic heterocycles. The van der Waals surface area contributed by atoms with E-state index in [0.717, 1.165) is 25.0 Å². The summed E-state index contributed by atoms with van der Waals surface area (Å²) >= 11 is 5.28. The van der Waals surface area contributed by atoms with Crippen molar-refractivity contribution < 1.29 is 23.8 Å². The molecule has 0 bridgehead atoms. The fraction of sp³-hybridized carbons (Fsp3) is 0.389. The van der Waals surface area contributed by atoms with Crippen LogP contribution in [-0.4, -0.2) is 54.8 Å². The summed E-state index contributed by atoms with van der Waals surface area (Å²) in [6.45, 7) is 0.925. The Morgan fingerprint density at radius 3 is 2.96 bits per heavy atom. The van der Waals surface area contributed by atoms with Gasteiger partial charge >= 0.3 is 0 Å². The van der Waals surface area contributed by atoms with Crippen LogP contribution in [0.25, 0.3) is 6.08 Å². The van der Waals surface area contributed by atoms with E-state index < -0.39 is 5.91 Å². The average molecular weight is 391 g/mol. The maximum absolute atomic E-state index is 12.7. The molecule has 1 aromatic carbocycles. The van der Waals surface area contributed by atoms with Crippen molar-refractivity contribution in [3.05, 3.63) is 29.5 Å². The lowest BCUT2D eigenvalue weighted by Gasteiger charge is -2.18. The van der Waals surface area contributed by atoms with Crippen molar-refractivity contribution in [2.24, 2.45) is 5.73 Å². The number of primary amides is 1. The molecule has 8 nitrogen and oxygen atoms in total. The molecule has 0 aliphatic carbocycles. The predicted molar refractivity (Wildman–Crippen MR) is 102 cm³/mol. The van der Waals surface area contributed by atoms with Crippen LogP contribution in [0.4, 0.5) is 0 Å². The minimum absolute atomic E-state index is 0.0230. The van der Waals surface area contributed by atoms with Crippen molar-refractivity contribution in [2.45, 2.75) is 18.9 Å². The molecule has 1 atom stereocenters. The molecule has 1 aromatic rings. The Balaban J connectivity index is 1.74. The monoisotopic (exact) mass is 391 g/mol. The highest BCUT2D eigenvalue weighted by molar-refractivity contribution is 7.80. The van der Waals surface area contributed by atoms with Gasteiger partial charge in [-0.2, -0.15) is 0 Å². The van der Waals surface area contributed by atoms with Crippen LogP contribution in [0.3, 0.4) is 0 Å². The van der Waals surface area contributed by atoms with Gasteiger partial charge in [0.25, 0.3) is 11.8 Å². The van der Waals surface area contributed by atoms with Crippen LogP contribution in [0.15, 0.2) is 23.9 Å². The van der Waals surface area contributed by atoms with Crippen LogP contribution < -0.4 is 20.5 Å². The number of carbonyl (C=O) groups excluding carboxylic acids is 2. The van der Waals surface area contributed by atoms with Crippen LogP contribution >= 0.6 is 12.2 Å². The summed E-state index contributed by atoms with van der Waals surface area (Å²) in [5.74, 6) is 0.0434. The predicted octanol–water partition coefficient (Wildman–Crippen LogP) is 0.796. The Hall–Kier alpha value is -2.65. The maximum atomic E-state index is 12.7. The molecule has 2 amide bonds. The molecule has 2 saturated heterocycles. The average Bonchev–Trinajstić information content (AvgIpc) is 3.24. The van der Waals surface area contributed by atoms with Gasteiger partial charge in [-0.1, -0.05) is 6.07 Å². The third-order valence-electron chi connectivity index (χ3n) is 4.24. The number of nitrogens with one attached hydrogen (secondary N) is 1. The summed E-state index contributed by atoms with van der Waals surface area (Å²) in [6, 6.07) is 5.09. The molecule has 0 saturated carbocycles. The van der Waals surface area contributed by atoms with Gasteiger partial charge in [0, 0.05) is 6.61 Å². The number of rotatable bonds is 7. The molecule has 0 spiro atoms. The number of amides is 2. The summed E-state index contributed by atoms with van der Waals surface area (Å²) in [5, 5.41) is 3.32. The fourth-order valence-electron chi connectivity index (χ4n) is 2.94. The number of thiocarbonyl (C=S) groups is 1. The minimum atomic E-state index is -0.580. The number of ether oxygens (including phenoxy) is 3. The normalized spacial score (nSPS) is 20.9. The molecule has 27 heavy (non-hydrogen) atoms. The largest absolute Gasteiger partial charge is 0.493 e. The Morgan fingerprint density at radius 2 is 2.30 bits per heavy atom. The molecule has 3 N–H and O–H groups in total. The van der Waals surface area contributed by atoms with Gasteiger partial charge in [-0.15, -0.1) is 0 Å². The smallest absolute Gasteiger partial charge is 0.276 e. The highest BCUT2D eigenvalue weighted by Crippen LogP contribution is 2.29. The number of hydrogen-bond donors (Lipinski definition) is 2. The van der Waals surface area contributed by atoms with Crippen LogP contribution in [0.5, 0.6) is 11.5 Å². The van der Waals surface area contributed by atoms with Gasteiger partial charge in [-0.3, -0.25) is 14.5 Å². The first-order chi connectivity index (χ1) is 13.0. The number of methoxy groups -OCH3 is 1. The number of carbonyl (C=O) groups is 2. The summed E-state index contributed by atoms with van der Waals surface area (Å²) in [7, 11) is 1.49. The summed E-state index contributed by atoms with van der Waals surface area (Å²) in [5.41, 5.74) is 6.18. The zero-order chi connectivity index (χ0) is 19.4. The Labute approximate surface area is 162 Å². The van der Waals surface area contributed by atoms with E-state index >= 15 is 0 Å². The maximum Gasteiger partial charge on any atom is 0.276 e. The molecule has 2 heterocycles. The van der Waals surface area contributed by atoms with E-state index in [-0.39, 0.29) is 18.6 Å². The van der Waals surface area contributed by atoms with Gasteiger partial charge in [-0.05, 0) is 48.8 Å². The lowest BCUT2D eigenvalue weighted by atomic mass is 10.1. The number of benzene rings is 1. The zero-order valence-corrected chi connectivity index (χ0v) is 15.7. The lowest BCUT2D eigenvalue weighted by molar-refractivity contribution is -0.123. The Kier molecular flexibility index (Phi) is 5.92. The van der Waals surface area contributed by atoms with Crippen LogP contribution in [0.2, 0.25) is 0 Å². The highest BCUT2D eigenvalue weighted by atomic mass is 32.1. The summed E-state index contributed by atoms with van der Waals surface area (Å²) in [4.78, 5) is 25.0. The second kappa shape index (κ2) is 8.36. The van der Waals surface area contributed by atoms with E-state index in [0.29, 0.717) is 28.9 Å². The van der Waals surface area contributed by atoms with Crippen molar-refractivity contribution in [2.75, 3.05) is 26.9 Å². The molecule has 2 fully saturated rings. The molecule has 144 valence electrons. The molecule has 0 radical (unpaired) electrons. The fourth-order valence-corrected chi connectivity index (χ4v) is 3.21. The van der Waals surface area contributed by atoms with Crippen LogP contribution in [0.1, 0.15) is 18.4 Å². The second-order valence-electron chi connectivity index (χ2n) is 6.20. The molecule has 2 aliphatic rings. The van der Waals surface area contributed by atoms with Gasteiger partial charge in [0.15, 0.2) is 23.2 Å². The van der Waals surface area contributed by atoms with Crippen molar-refractivity contribution in [3.8, 4) is 11.5 Å². The molecule has 9 heteroatoms. The van der Waals surface area contributed by atoms with Gasteiger partial charge in [-0.25, -0.2) is 0 Å². The first-order valence-electron chi connectivity index (χ1n) is 8.53. The van der Waals surface area contributed by atoms with E-state index in [2.05, 4.69) is 5.32 Å². The third kappa shape index (κ3) is 4.55. The van der Waals surface area contributed by atoms with E-state index in [9.17, 15) is 9.59 Å². The van der Waals surface area contributed by atoms with Gasteiger partial charge in [0.05, 0.1) is 19.8 Å². The first-order valence-corrected chi connectivity index (χ1v) is 8.94. The zero-order valence-electron chi connectivity index (χ0n) is 14.9. The molecular weight excluding hydrogens is 370 g/mol. The van der Waals surface area contributed by atoms with Crippen molar-refractivity contribution in [1.29, 1.82) is 0 Å². The summed E-state index contributed by atoms with van der Waals surface area (Å²) < 4.78 is 16.2. The van der Waals surface area contributed by atoms with E-state index in [1.807, 2.05) is 0 Å². The third-order valence-corrected chi connectivity index (χ3v) is 4.56. The Bertz CT molecular complexity index is 789. The molecule has 1 unspecified atom stereocenters.